The highest BCUT2D eigenvalue weighted by Crippen LogP contribution is 2.34. The molecule has 3 rings (SSSR count). The molecule has 2 aliphatic rings. The molecule has 1 N–H and O–H groups in total. The molecular weight excluding hydrogens is 428 g/mol. The van der Waals surface area contributed by atoms with Crippen LogP contribution in [0.15, 0.2) is 24.3 Å². The lowest BCUT2D eigenvalue weighted by molar-refractivity contribution is -0.161. The van der Waals surface area contributed by atoms with Crippen molar-refractivity contribution >= 4 is 11.8 Å². The van der Waals surface area contributed by atoms with Gasteiger partial charge in [-0.3, -0.25) is 14.5 Å². The van der Waals surface area contributed by atoms with E-state index in [9.17, 15) is 9.59 Å². The third kappa shape index (κ3) is 6.51. The number of rotatable bonds is 11. The summed E-state index contributed by atoms with van der Waals surface area (Å²) in [6.45, 7) is 11.1. The van der Waals surface area contributed by atoms with Gasteiger partial charge < -0.3 is 19.9 Å². The monoisotopic (exact) mass is 472 g/mol. The van der Waals surface area contributed by atoms with Gasteiger partial charge in [-0.1, -0.05) is 32.9 Å². The first-order valence-electron chi connectivity index (χ1n) is 13.0. The number of carbonyl (C=O) groups excluding carboxylic acids is 2. The third-order valence-corrected chi connectivity index (χ3v) is 6.99. The SMILES string of the molecule is CCCN1C(=O)C(CC(C)C)NC(=O)C12CCN(Cc1ccc(OCCCN(C)C)cc1)CC2. The molecule has 2 amide bonds. The van der Waals surface area contributed by atoms with Crippen LogP contribution in [-0.2, 0) is 16.1 Å². The van der Waals surface area contributed by atoms with E-state index < -0.39 is 5.54 Å². The number of piperazine rings is 1. The fourth-order valence-corrected chi connectivity index (χ4v) is 5.15. The largest absolute Gasteiger partial charge is 0.494 e. The van der Waals surface area contributed by atoms with E-state index in [-0.39, 0.29) is 17.9 Å². The number of carbonyl (C=O) groups is 2. The molecule has 2 saturated heterocycles. The highest BCUT2D eigenvalue weighted by molar-refractivity contribution is 6.00. The quantitative estimate of drug-likeness (QED) is 0.501. The van der Waals surface area contributed by atoms with Crippen molar-refractivity contribution in [1.82, 2.24) is 20.0 Å². The summed E-state index contributed by atoms with van der Waals surface area (Å²) in [4.78, 5) is 33.1. The van der Waals surface area contributed by atoms with Crippen molar-refractivity contribution in [2.75, 3.05) is 46.9 Å². The Bertz CT molecular complexity index is 801. The molecule has 0 aromatic heterocycles. The molecule has 1 unspecified atom stereocenters. The smallest absolute Gasteiger partial charge is 0.246 e. The van der Waals surface area contributed by atoms with Crippen LogP contribution >= 0.6 is 0 Å². The maximum Gasteiger partial charge on any atom is 0.246 e. The van der Waals surface area contributed by atoms with Gasteiger partial charge in [-0.25, -0.2) is 0 Å². The van der Waals surface area contributed by atoms with Crippen molar-refractivity contribution in [3.63, 3.8) is 0 Å². The van der Waals surface area contributed by atoms with E-state index in [1.807, 2.05) is 17.0 Å². The van der Waals surface area contributed by atoms with Crippen LogP contribution in [0.5, 0.6) is 5.75 Å². The Morgan fingerprint density at radius 1 is 1.15 bits per heavy atom. The molecule has 1 aromatic carbocycles. The first kappa shape index (κ1) is 26.5. The second-order valence-corrected chi connectivity index (χ2v) is 10.6. The molecule has 34 heavy (non-hydrogen) atoms. The molecule has 0 bridgehead atoms. The minimum Gasteiger partial charge on any atom is -0.494 e. The number of hydrogen-bond acceptors (Lipinski definition) is 5. The van der Waals surface area contributed by atoms with Crippen molar-refractivity contribution in [3.05, 3.63) is 29.8 Å². The van der Waals surface area contributed by atoms with Crippen LogP contribution in [-0.4, -0.2) is 85.0 Å². The average molecular weight is 473 g/mol. The zero-order valence-electron chi connectivity index (χ0n) is 21.8. The van der Waals surface area contributed by atoms with Crippen molar-refractivity contribution in [2.45, 2.75) is 71.0 Å². The zero-order chi connectivity index (χ0) is 24.7. The average Bonchev–Trinajstić information content (AvgIpc) is 2.80. The molecule has 0 aliphatic carbocycles. The number of likely N-dealkylation sites (tertiary alicyclic amines) is 1. The summed E-state index contributed by atoms with van der Waals surface area (Å²) in [6.07, 6.45) is 3.94. The predicted molar refractivity (Wildman–Crippen MR) is 136 cm³/mol. The standard InChI is InChI=1S/C27H44N4O3/c1-6-14-31-25(32)24(19-21(2)3)28-26(33)27(31)12-16-30(17-13-27)20-22-8-10-23(11-9-22)34-18-7-15-29(4)5/h8-11,21,24H,6-7,12-20H2,1-5H3,(H,28,33). The topological polar surface area (TPSA) is 65.1 Å². The van der Waals surface area contributed by atoms with E-state index in [2.05, 4.69) is 62.1 Å². The molecular formula is C27H44N4O3. The summed E-state index contributed by atoms with van der Waals surface area (Å²) in [5, 5.41) is 3.08. The highest BCUT2D eigenvalue weighted by Gasteiger charge is 2.53. The minimum atomic E-state index is -0.693. The Morgan fingerprint density at radius 3 is 2.41 bits per heavy atom. The van der Waals surface area contributed by atoms with Gasteiger partial charge in [0.15, 0.2) is 0 Å². The van der Waals surface area contributed by atoms with Gasteiger partial charge in [-0.2, -0.15) is 0 Å². The zero-order valence-corrected chi connectivity index (χ0v) is 21.8. The molecule has 190 valence electrons. The van der Waals surface area contributed by atoms with E-state index in [0.717, 1.165) is 51.4 Å². The summed E-state index contributed by atoms with van der Waals surface area (Å²) in [5.74, 6) is 1.42. The fourth-order valence-electron chi connectivity index (χ4n) is 5.15. The van der Waals surface area contributed by atoms with Crippen LogP contribution in [0.4, 0.5) is 0 Å². The van der Waals surface area contributed by atoms with Gasteiger partial charge in [0.1, 0.15) is 17.3 Å². The van der Waals surface area contributed by atoms with Crippen LogP contribution in [0.2, 0.25) is 0 Å². The molecule has 7 heteroatoms. The van der Waals surface area contributed by atoms with E-state index in [1.165, 1.54) is 5.56 Å². The Labute approximate surface area is 205 Å². The maximum atomic E-state index is 13.3. The molecule has 7 nitrogen and oxygen atoms in total. The van der Waals surface area contributed by atoms with Gasteiger partial charge in [0.2, 0.25) is 11.8 Å². The van der Waals surface area contributed by atoms with Gasteiger partial charge in [0.05, 0.1) is 6.61 Å². The second kappa shape index (κ2) is 12.0. The Kier molecular flexibility index (Phi) is 9.37. The molecule has 1 atom stereocenters. The molecule has 1 aromatic rings. The first-order chi connectivity index (χ1) is 16.2. The second-order valence-electron chi connectivity index (χ2n) is 10.6. The minimum absolute atomic E-state index is 0.0432. The Balaban J connectivity index is 1.56. The van der Waals surface area contributed by atoms with Gasteiger partial charge in [-0.15, -0.1) is 0 Å². The fraction of sp³-hybridized carbons (Fsp3) is 0.704. The van der Waals surface area contributed by atoms with Crippen molar-refractivity contribution < 1.29 is 14.3 Å². The van der Waals surface area contributed by atoms with E-state index in [1.54, 1.807) is 0 Å². The first-order valence-corrected chi connectivity index (χ1v) is 13.0. The maximum absolute atomic E-state index is 13.3. The lowest BCUT2D eigenvalue weighted by atomic mass is 9.80. The van der Waals surface area contributed by atoms with Gasteiger partial charge in [0.25, 0.3) is 0 Å². The summed E-state index contributed by atoms with van der Waals surface area (Å²) in [5.41, 5.74) is 0.546. The summed E-state index contributed by atoms with van der Waals surface area (Å²) in [6, 6.07) is 7.96. The predicted octanol–water partition coefficient (Wildman–Crippen LogP) is 3.13. The Hall–Kier alpha value is -2.12. The number of hydrogen-bond donors (Lipinski definition) is 1. The van der Waals surface area contributed by atoms with Crippen LogP contribution in [0.1, 0.15) is 58.4 Å². The number of piperidine rings is 1. The Morgan fingerprint density at radius 2 is 1.82 bits per heavy atom. The van der Waals surface area contributed by atoms with Crippen molar-refractivity contribution in [1.29, 1.82) is 0 Å². The van der Waals surface area contributed by atoms with Crippen LogP contribution in [0.25, 0.3) is 0 Å². The highest BCUT2D eigenvalue weighted by atomic mass is 16.5. The van der Waals surface area contributed by atoms with E-state index >= 15 is 0 Å². The third-order valence-electron chi connectivity index (χ3n) is 6.99. The molecule has 2 fully saturated rings. The van der Waals surface area contributed by atoms with Gasteiger partial charge in [-0.05, 0) is 69.8 Å². The van der Waals surface area contributed by atoms with Gasteiger partial charge in [0, 0.05) is 32.7 Å². The number of nitrogens with zero attached hydrogens (tertiary/aromatic N) is 3. The molecule has 2 heterocycles. The number of nitrogens with one attached hydrogen (secondary N) is 1. The summed E-state index contributed by atoms with van der Waals surface area (Å²) in [7, 11) is 4.14. The van der Waals surface area contributed by atoms with Crippen LogP contribution in [0, 0.1) is 5.92 Å². The lowest BCUT2D eigenvalue weighted by Gasteiger charge is -2.52. The van der Waals surface area contributed by atoms with Crippen molar-refractivity contribution in [3.8, 4) is 5.75 Å². The summed E-state index contributed by atoms with van der Waals surface area (Å²) < 4.78 is 5.84. The normalized spacial score (nSPS) is 20.9. The van der Waals surface area contributed by atoms with E-state index in [4.69, 9.17) is 4.74 Å². The molecule has 0 radical (unpaired) electrons. The molecule has 2 aliphatic heterocycles. The molecule has 1 spiro atoms. The molecule has 0 saturated carbocycles. The van der Waals surface area contributed by atoms with E-state index in [0.29, 0.717) is 31.7 Å². The lowest BCUT2D eigenvalue weighted by Crippen LogP contribution is -2.73. The summed E-state index contributed by atoms with van der Waals surface area (Å²) >= 11 is 0. The van der Waals surface area contributed by atoms with Gasteiger partial charge >= 0.3 is 0 Å². The van der Waals surface area contributed by atoms with Crippen LogP contribution in [0.3, 0.4) is 0 Å². The number of benzene rings is 1. The number of ether oxygens (including phenoxy) is 1. The number of amides is 2. The van der Waals surface area contributed by atoms with Crippen LogP contribution < -0.4 is 10.1 Å². The van der Waals surface area contributed by atoms with Crippen molar-refractivity contribution in [2.24, 2.45) is 5.92 Å².